The predicted molar refractivity (Wildman–Crippen MR) is 76.4 cm³/mol. The van der Waals surface area contributed by atoms with E-state index in [-0.39, 0.29) is 12.0 Å². The largest absolute Gasteiger partial charge is 0.466 e. The van der Waals surface area contributed by atoms with E-state index in [1.807, 2.05) is 6.07 Å². The Bertz CT molecular complexity index is 692. The number of nitrogens with zero attached hydrogens (tertiary/aromatic N) is 3. The van der Waals surface area contributed by atoms with Crippen molar-refractivity contribution in [2.24, 2.45) is 0 Å². The summed E-state index contributed by atoms with van der Waals surface area (Å²) >= 11 is 0. The fourth-order valence-corrected chi connectivity index (χ4v) is 2.04. The number of para-hydroxylation sites is 1. The van der Waals surface area contributed by atoms with Crippen molar-refractivity contribution in [1.29, 1.82) is 0 Å². The number of hydrogen-bond acceptors (Lipinski definition) is 5. The summed E-state index contributed by atoms with van der Waals surface area (Å²) in [6.07, 6.45) is -0.0356. The molecule has 0 saturated carbocycles. The highest BCUT2D eigenvalue weighted by atomic mass is 16.5. The Kier molecular flexibility index (Phi) is 4.02. The zero-order valence-corrected chi connectivity index (χ0v) is 11.8. The molecule has 0 aliphatic carbocycles. The van der Waals surface area contributed by atoms with Crippen LogP contribution in [0.2, 0.25) is 0 Å². The molecule has 1 aromatic carbocycles. The van der Waals surface area contributed by atoms with Crippen molar-refractivity contribution in [3.8, 4) is 0 Å². The Morgan fingerprint density at radius 1 is 1.35 bits per heavy atom. The lowest BCUT2D eigenvalue weighted by Crippen LogP contribution is -2.39. The molecule has 0 saturated heterocycles. The zero-order valence-electron chi connectivity index (χ0n) is 11.8. The second kappa shape index (κ2) is 5.73. The van der Waals surface area contributed by atoms with Gasteiger partial charge in [-0.15, -0.1) is 0 Å². The van der Waals surface area contributed by atoms with E-state index in [1.165, 1.54) is 4.68 Å². The maximum Gasteiger partial charge on any atom is 0.313 e. The second-order valence-corrected chi connectivity index (χ2v) is 4.49. The molecule has 106 valence electrons. The fraction of sp³-hybridized carbons (Fsp3) is 0.357. The smallest absolute Gasteiger partial charge is 0.313 e. The van der Waals surface area contributed by atoms with Gasteiger partial charge in [-0.05, 0) is 19.1 Å². The summed E-state index contributed by atoms with van der Waals surface area (Å²) in [5.41, 5.74) is 0.384. The van der Waals surface area contributed by atoms with Gasteiger partial charge in [0, 0.05) is 14.1 Å². The zero-order chi connectivity index (χ0) is 14.7. The molecule has 20 heavy (non-hydrogen) atoms. The summed E-state index contributed by atoms with van der Waals surface area (Å²) in [5, 5.41) is 2.13. The number of carbonyl (C=O) groups is 1. The molecule has 0 aliphatic rings. The van der Waals surface area contributed by atoms with Crippen LogP contribution in [0.15, 0.2) is 29.1 Å². The van der Waals surface area contributed by atoms with Gasteiger partial charge in [0.1, 0.15) is 12.2 Å². The van der Waals surface area contributed by atoms with Crippen LogP contribution in [-0.2, 0) is 16.0 Å². The number of esters is 1. The molecule has 2 aromatic rings. The normalized spacial score (nSPS) is 10.6. The van der Waals surface area contributed by atoms with Gasteiger partial charge in [0.05, 0.1) is 17.5 Å². The lowest BCUT2D eigenvalue weighted by atomic mass is 10.2. The maximum atomic E-state index is 12.5. The standard InChI is InChI=1S/C14H17N3O3/c1-4-20-13(18)9-12-15-11-8-6-5-7-10(11)14(19)17(12)16(2)3/h5-8H,4,9H2,1-3H3. The van der Waals surface area contributed by atoms with Crippen molar-refractivity contribution in [1.82, 2.24) is 9.66 Å². The molecular weight excluding hydrogens is 258 g/mol. The number of rotatable bonds is 4. The van der Waals surface area contributed by atoms with E-state index in [1.54, 1.807) is 44.2 Å². The van der Waals surface area contributed by atoms with Crippen LogP contribution < -0.4 is 10.6 Å². The van der Waals surface area contributed by atoms with E-state index in [2.05, 4.69) is 4.98 Å². The molecule has 6 nitrogen and oxygen atoms in total. The van der Waals surface area contributed by atoms with E-state index < -0.39 is 5.97 Å². The predicted octanol–water partition coefficient (Wildman–Crippen LogP) is 0.700. The van der Waals surface area contributed by atoms with E-state index >= 15 is 0 Å². The molecule has 0 fully saturated rings. The molecular formula is C14H17N3O3. The van der Waals surface area contributed by atoms with Gasteiger partial charge < -0.3 is 9.75 Å². The number of aromatic nitrogens is 2. The Morgan fingerprint density at radius 3 is 2.70 bits per heavy atom. The van der Waals surface area contributed by atoms with Crippen LogP contribution in [0, 0.1) is 0 Å². The third kappa shape index (κ3) is 2.64. The molecule has 0 radical (unpaired) electrons. The lowest BCUT2D eigenvalue weighted by Gasteiger charge is -2.20. The van der Waals surface area contributed by atoms with Crippen molar-refractivity contribution < 1.29 is 9.53 Å². The Morgan fingerprint density at radius 2 is 2.05 bits per heavy atom. The van der Waals surface area contributed by atoms with E-state index in [0.29, 0.717) is 23.3 Å². The van der Waals surface area contributed by atoms with Crippen LogP contribution in [0.5, 0.6) is 0 Å². The molecule has 6 heteroatoms. The summed E-state index contributed by atoms with van der Waals surface area (Å²) in [6, 6.07) is 7.07. The first kappa shape index (κ1) is 14.0. The average Bonchev–Trinajstić information content (AvgIpc) is 2.38. The van der Waals surface area contributed by atoms with Crippen molar-refractivity contribution in [3.05, 3.63) is 40.4 Å². The Balaban J connectivity index is 2.60. The van der Waals surface area contributed by atoms with Crippen LogP contribution in [0.1, 0.15) is 12.7 Å². The third-order valence-electron chi connectivity index (χ3n) is 2.83. The first-order valence-electron chi connectivity index (χ1n) is 6.38. The summed E-state index contributed by atoms with van der Waals surface area (Å²) in [7, 11) is 3.46. The highest BCUT2D eigenvalue weighted by Gasteiger charge is 2.15. The fourth-order valence-electron chi connectivity index (χ4n) is 2.04. The Hall–Kier alpha value is -2.37. The van der Waals surface area contributed by atoms with Gasteiger partial charge >= 0.3 is 5.97 Å². The minimum atomic E-state index is -0.398. The topological polar surface area (TPSA) is 64.4 Å². The maximum absolute atomic E-state index is 12.5. The van der Waals surface area contributed by atoms with Gasteiger partial charge in [0.25, 0.3) is 5.56 Å². The summed E-state index contributed by atoms with van der Waals surface area (Å²) < 4.78 is 6.31. The second-order valence-electron chi connectivity index (χ2n) is 4.49. The number of ether oxygens (including phenoxy) is 1. The van der Waals surface area contributed by atoms with Gasteiger partial charge in [-0.1, -0.05) is 12.1 Å². The molecule has 1 heterocycles. The summed E-state index contributed by atoms with van der Waals surface area (Å²) in [6.45, 7) is 2.04. The van der Waals surface area contributed by atoms with Crippen LogP contribution in [0.25, 0.3) is 10.9 Å². The van der Waals surface area contributed by atoms with E-state index in [0.717, 1.165) is 0 Å². The SMILES string of the molecule is CCOC(=O)Cc1nc2ccccc2c(=O)n1N(C)C. The van der Waals surface area contributed by atoms with Crippen LogP contribution in [0.4, 0.5) is 0 Å². The molecule has 2 rings (SSSR count). The monoisotopic (exact) mass is 275 g/mol. The molecule has 0 bridgehead atoms. The van der Waals surface area contributed by atoms with E-state index in [4.69, 9.17) is 4.74 Å². The van der Waals surface area contributed by atoms with Crippen LogP contribution >= 0.6 is 0 Å². The molecule has 0 spiro atoms. The Labute approximate surface area is 116 Å². The van der Waals surface area contributed by atoms with E-state index in [9.17, 15) is 9.59 Å². The molecule has 0 atom stereocenters. The lowest BCUT2D eigenvalue weighted by molar-refractivity contribution is -0.142. The minimum Gasteiger partial charge on any atom is -0.466 e. The minimum absolute atomic E-state index is 0.0356. The highest BCUT2D eigenvalue weighted by Crippen LogP contribution is 2.08. The third-order valence-corrected chi connectivity index (χ3v) is 2.83. The van der Waals surface area contributed by atoms with Crippen LogP contribution in [0.3, 0.4) is 0 Å². The molecule has 0 N–H and O–H groups in total. The number of hydrogen-bond donors (Lipinski definition) is 0. The first-order valence-corrected chi connectivity index (χ1v) is 6.38. The van der Waals surface area contributed by atoms with Crippen molar-refractivity contribution in [2.75, 3.05) is 25.7 Å². The van der Waals surface area contributed by atoms with Crippen molar-refractivity contribution in [2.45, 2.75) is 13.3 Å². The van der Waals surface area contributed by atoms with Crippen molar-refractivity contribution >= 4 is 16.9 Å². The van der Waals surface area contributed by atoms with Gasteiger partial charge in [0.15, 0.2) is 0 Å². The number of benzene rings is 1. The van der Waals surface area contributed by atoms with Gasteiger partial charge in [0.2, 0.25) is 0 Å². The molecule has 0 unspecified atom stereocenters. The number of carbonyl (C=O) groups excluding carboxylic acids is 1. The van der Waals surface area contributed by atoms with Gasteiger partial charge in [-0.2, -0.15) is 0 Å². The average molecular weight is 275 g/mol. The summed E-state index contributed by atoms with van der Waals surface area (Å²) in [4.78, 5) is 28.5. The van der Waals surface area contributed by atoms with Gasteiger partial charge in [-0.25, -0.2) is 9.66 Å². The quantitative estimate of drug-likeness (QED) is 0.769. The molecule has 0 aliphatic heterocycles. The summed E-state index contributed by atoms with van der Waals surface area (Å²) in [5.74, 6) is -0.0255. The molecule has 1 aromatic heterocycles. The molecule has 0 amide bonds. The highest BCUT2D eigenvalue weighted by molar-refractivity contribution is 5.78. The number of fused-ring (bicyclic) bond motifs is 1. The first-order chi connectivity index (χ1) is 9.54. The van der Waals surface area contributed by atoms with Gasteiger partial charge in [-0.3, -0.25) is 9.59 Å². The van der Waals surface area contributed by atoms with Crippen molar-refractivity contribution in [3.63, 3.8) is 0 Å². The van der Waals surface area contributed by atoms with Crippen LogP contribution in [-0.4, -0.2) is 36.3 Å².